The number of esters is 1. The predicted octanol–water partition coefficient (Wildman–Crippen LogP) is 1.96. The lowest BCUT2D eigenvalue weighted by atomic mass is 9.77. The van der Waals surface area contributed by atoms with Crippen LogP contribution in [0.4, 0.5) is 0 Å². The van der Waals surface area contributed by atoms with Gasteiger partial charge in [0.2, 0.25) is 0 Å². The number of ether oxygens (including phenoxy) is 2. The lowest BCUT2D eigenvalue weighted by Crippen LogP contribution is -2.32. The number of hydrogen-bond acceptors (Lipinski definition) is 5. The van der Waals surface area contributed by atoms with Gasteiger partial charge < -0.3 is 20.3 Å². The van der Waals surface area contributed by atoms with Gasteiger partial charge >= 0.3 is 5.97 Å². The molecule has 0 amide bonds. The molecule has 0 bridgehead atoms. The first-order valence-corrected chi connectivity index (χ1v) is 6.78. The van der Waals surface area contributed by atoms with E-state index in [0.29, 0.717) is 17.7 Å². The summed E-state index contributed by atoms with van der Waals surface area (Å²) in [4.78, 5) is 11.8. The van der Waals surface area contributed by atoms with Gasteiger partial charge in [-0.15, -0.1) is 0 Å². The molecule has 2 rings (SSSR count). The summed E-state index contributed by atoms with van der Waals surface area (Å²) >= 11 is 0. The summed E-state index contributed by atoms with van der Waals surface area (Å²) in [5.41, 5.74) is 6.74. The van der Waals surface area contributed by atoms with Crippen LogP contribution >= 0.6 is 0 Å². The van der Waals surface area contributed by atoms with Gasteiger partial charge in [-0.1, -0.05) is 12.8 Å². The zero-order chi connectivity index (χ0) is 14.8. The molecule has 1 aromatic rings. The first kappa shape index (κ1) is 14.7. The maximum absolute atomic E-state index is 11.8. The highest BCUT2D eigenvalue weighted by molar-refractivity contribution is 5.90. The Morgan fingerprint density at radius 1 is 1.35 bits per heavy atom. The lowest BCUT2D eigenvalue weighted by molar-refractivity contribution is 0.0600. The molecular formula is C15H21NO4. The van der Waals surface area contributed by atoms with Crippen molar-refractivity contribution in [3.05, 3.63) is 23.3 Å². The smallest absolute Gasteiger partial charge is 0.337 e. The fraction of sp³-hybridized carbons (Fsp3) is 0.533. The van der Waals surface area contributed by atoms with E-state index < -0.39 is 5.97 Å². The minimum atomic E-state index is -0.449. The number of methoxy groups -OCH3 is 2. The van der Waals surface area contributed by atoms with E-state index in [1.807, 2.05) is 0 Å². The van der Waals surface area contributed by atoms with Gasteiger partial charge in [-0.2, -0.15) is 0 Å². The minimum Gasteiger partial charge on any atom is -0.504 e. The summed E-state index contributed by atoms with van der Waals surface area (Å²) in [6, 6.07) is 3.17. The third kappa shape index (κ3) is 2.33. The van der Waals surface area contributed by atoms with Gasteiger partial charge in [0.25, 0.3) is 0 Å². The Kier molecular flexibility index (Phi) is 4.18. The van der Waals surface area contributed by atoms with Crippen molar-refractivity contribution in [3.63, 3.8) is 0 Å². The lowest BCUT2D eigenvalue weighted by Gasteiger charge is -2.29. The zero-order valence-electron chi connectivity index (χ0n) is 11.9. The Morgan fingerprint density at radius 3 is 2.50 bits per heavy atom. The molecule has 0 unspecified atom stereocenters. The van der Waals surface area contributed by atoms with Gasteiger partial charge in [-0.25, -0.2) is 4.79 Å². The van der Waals surface area contributed by atoms with Gasteiger partial charge in [0, 0.05) is 17.5 Å². The van der Waals surface area contributed by atoms with E-state index >= 15 is 0 Å². The quantitative estimate of drug-likeness (QED) is 0.823. The number of phenols is 1. The highest BCUT2D eigenvalue weighted by atomic mass is 16.5. The molecule has 0 saturated heterocycles. The summed E-state index contributed by atoms with van der Waals surface area (Å²) in [6.45, 7) is 0.439. The fourth-order valence-electron chi connectivity index (χ4n) is 3.04. The van der Waals surface area contributed by atoms with Gasteiger partial charge in [0.1, 0.15) is 0 Å². The molecule has 1 aromatic carbocycles. The van der Waals surface area contributed by atoms with Crippen molar-refractivity contribution in [1.29, 1.82) is 0 Å². The van der Waals surface area contributed by atoms with Crippen LogP contribution in [-0.4, -0.2) is 31.8 Å². The zero-order valence-corrected chi connectivity index (χ0v) is 11.9. The summed E-state index contributed by atoms with van der Waals surface area (Å²) in [6.07, 6.45) is 3.96. The molecule has 5 nitrogen and oxygen atoms in total. The van der Waals surface area contributed by atoms with Crippen molar-refractivity contribution in [3.8, 4) is 11.5 Å². The maximum Gasteiger partial charge on any atom is 0.337 e. The monoisotopic (exact) mass is 279 g/mol. The van der Waals surface area contributed by atoms with Crippen LogP contribution in [-0.2, 0) is 10.2 Å². The van der Waals surface area contributed by atoms with Crippen LogP contribution in [0.15, 0.2) is 12.1 Å². The van der Waals surface area contributed by atoms with Crippen LogP contribution in [0, 0.1) is 0 Å². The second-order valence-corrected chi connectivity index (χ2v) is 5.26. The van der Waals surface area contributed by atoms with Crippen LogP contribution in [0.5, 0.6) is 11.5 Å². The molecule has 3 N–H and O–H groups in total. The average molecular weight is 279 g/mol. The third-order valence-corrected chi connectivity index (χ3v) is 4.24. The minimum absolute atomic E-state index is 0.0764. The molecule has 1 fully saturated rings. The third-order valence-electron chi connectivity index (χ3n) is 4.24. The second-order valence-electron chi connectivity index (χ2n) is 5.26. The molecule has 0 heterocycles. The van der Waals surface area contributed by atoms with E-state index in [-0.39, 0.29) is 16.9 Å². The van der Waals surface area contributed by atoms with Crippen LogP contribution in [0.2, 0.25) is 0 Å². The molecule has 0 spiro atoms. The van der Waals surface area contributed by atoms with Crippen LogP contribution in [0.25, 0.3) is 0 Å². The molecule has 0 atom stereocenters. The number of phenolic OH excluding ortho intramolecular Hbond substituents is 1. The molecule has 0 aliphatic heterocycles. The molecule has 1 aliphatic carbocycles. The highest BCUT2D eigenvalue weighted by Gasteiger charge is 2.38. The Morgan fingerprint density at radius 2 is 2.00 bits per heavy atom. The maximum atomic E-state index is 11.8. The van der Waals surface area contributed by atoms with Gasteiger partial charge in [0.05, 0.1) is 19.8 Å². The van der Waals surface area contributed by atoms with E-state index in [1.54, 1.807) is 6.07 Å². The number of rotatable bonds is 4. The SMILES string of the molecule is COC(=O)c1cc(OC)c(O)c(C2(CN)CCCC2)c1. The molecule has 110 valence electrons. The largest absolute Gasteiger partial charge is 0.504 e. The van der Waals surface area contributed by atoms with Gasteiger partial charge in [0.15, 0.2) is 11.5 Å². The molecule has 0 aromatic heterocycles. The summed E-state index contributed by atoms with van der Waals surface area (Å²) in [5.74, 6) is -0.0927. The molecule has 20 heavy (non-hydrogen) atoms. The van der Waals surface area contributed by atoms with Gasteiger partial charge in [-0.05, 0) is 25.0 Å². The Balaban J connectivity index is 2.58. The molecule has 5 heteroatoms. The Bertz CT molecular complexity index is 507. The summed E-state index contributed by atoms with van der Waals surface area (Å²) in [7, 11) is 2.79. The van der Waals surface area contributed by atoms with Crippen molar-refractivity contribution in [1.82, 2.24) is 0 Å². The standard InChI is InChI=1S/C15H21NO4/c1-19-12-8-10(14(18)20-2)7-11(13(12)17)15(9-16)5-3-4-6-15/h7-8,17H,3-6,9,16H2,1-2H3. The van der Waals surface area contributed by atoms with E-state index in [0.717, 1.165) is 25.7 Å². The molecular weight excluding hydrogens is 258 g/mol. The average Bonchev–Trinajstić information content (AvgIpc) is 2.96. The normalized spacial score (nSPS) is 16.9. The van der Waals surface area contributed by atoms with E-state index in [9.17, 15) is 9.90 Å². The van der Waals surface area contributed by atoms with Gasteiger partial charge in [-0.3, -0.25) is 0 Å². The van der Waals surface area contributed by atoms with Crippen LogP contribution < -0.4 is 10.5 Å². The number of nitrogens with two attached hydrogens (primary N) is 1. The van der Waals surface area contributed by atoms with Crippen molar-refractivity contribution in [2.24, 2.45) is 5.73 Å². The molecule has 1 saturated carbocycles. The highest BCUT2D eigenvalue weighted by Crippen LogP contribution is 2.47. The van der Waals surface area contributed by atoms with Crippen LogP contribution in [0.3, 0.4) is 0 Å². The molecule has 1 aliphatic rings. The van der Waals surface area contributed by atoms with Crippen LogP contribution in [0.1, 0.15) is 41.6 Å². The number of benzene rings is 1. The Labute approximate surface area is 118 Å². The van der Waals surface area contributed by atoms with E-state index in [1.165, 1.54) is 20.3 Å². The van der Waals surface area contributed by atoms with Crippen molar-refractivity contribution < 1.29 is 19.4 Å². The number of carbonyl (C=O) groups excluding carboxylic acids is 1. The molecule has 0 radical (unpaired) electrons. The van der Waals surface area contributed by atoms with Crippen molar-refractivity contribution >= 4 is 5.97 Å². The number of aromatic hydroxyl groups is 1. The Hall–Kier alpha value is -1.75. The first-order valence-electron chi connectivity index (χ1n) is 6.78. The summed E-state index contributed by atoms with van der Waals surface area (Å²) < 4.78 is 9.92. The van der Waals surface area contributed by atoms with E-state index in [4.69, 9.17) is 15.2 Å². The van der Waals surface area contributed by atoms with Crippen molar-refractivity contribution in [2.45, 2.75) is 31.1 Å². The topological polar surface area (TPSA) is 81.8 Å². The number of carbonyl (C=O) groups is 1. The second kappa shape index (κ2) is 5.71. The first-order chi connectivity index (χ1) is 9.57. The van der Waals surface area contributed by atoms with E-state index in [2.05, 4.69) is 0 Å². The fourth-order valence-corrected chi connectivity index (χ4v) is 3.04. The number of hydrogen-bond donors (Lipinski definition) is 2. The predicted molar refractivity (Wildman–Crippen MR) is 75.2 cm³/mol. The summed E-state index contributed by atoms with van der Waals surface area (Å²) in [5, 5.41) is 10.4. The van der Waals surface area contributed by atoms with Crippen molar-refractivity contribution in [2.75, 3.05) is 20.8 Å².